The second-order valence-electron chi connectivity index (χ2n) is 6.10. The summed E-state index contributed by atoms with van der Waals surface area (Å²) in [6, 6.07) is 6.83. The summed E-state index contributed by atoms with van der Waals surface area (Å²) < 4.78 is 1.23. The van der Waals surface area contributed by atoms with Gasteiger partial charge in [-0.3, -0.25) is 4.90 Å². The van der Waals surface area contributed by atoms with Crippen LogP contribution in [0, 0.1) is 0 Å². The van der Waals surface area contributed by atoms with E-state index in [9.17, 15) is 0 Å². The first-order valence-corrected chi connectivity index (χ1v) is 7.99. The Morgan fingerprint density at radius 2 is 1.72 bits per heavy atom. The molecule has 1 saturated heterocycles. The summed E-state index contributed by atoms with van der Waals surface area (Å²) in [6.07, 6.45) is 7.91. The minimum Gasteiger partial charge on any atom is -0.298 e. The second kappa shape index (κ2) is 4.97. The zero-order chi connectivity index (χ0) is 12.6. The monoisotopic (exact) mass is 307 g/mol. The second-order valence-corrected chi connectivity index (χ2v) is 7.02. The lowest BCUT2D eigenvalue weighted by molar-refractivity contribution is 0.118. The van der Waals surface area contributed by atoms with E-state index in [1.54, 1.807) is 11.1 Å². The summed E-state index contributed by atoms with van der Waals surface area (Å²) in [6.45, 7) is 5.12. The quantitative estimate of drug-likeness (QED) is 0.703. The Hall–Kier alpha value is -0.340. The molecular formula is C16H22BrN. The highest BCUT2D eigenvalue weighted by Crippen LogP contribution is 2.35. The van der Waals surface area contributed by atoms with Crippen molar-refractivity contribution in [3.05, 3.63) is 33.8 Å². The molecule has 1 atom stereocenters. The van der Waals surface area contributed by atoms with Gasteiger partial charge in [-0.1, -0.05) is 22.0 Å². The molecule has 1 fully saturated rings. The normalized spacial score (nSPS) is 29.0. The van der Waals surface area contributed by atoms with Gasteiger partial charge in [0.05, 0.1) is 0 Å². The Kier molecular flexibility index (Phi) is 3.50. The first kappa shape index (κ1) is 12.7. The van der Waals surface area contributed by atoms with Gasteiger partial charge in [-0.15, -0.1) is 0 Å². The Balaban J connectivity index is 1.81. The zero-order valence-corrected chi connectivity index (χ0v) is 12.8. The highest BCUT2D eigenvalue weighted by Gasteiger charge is 2.34. The molecule has 0 bridgehead atoms. The van der Waals surface area contributed by atoms with Crippen molar-refractivity contribution in [1.29, 1.82) is 0 Å². The van der Waals surface area contributed by atoms with Crippen molar-refractivity contribution in [2.24, 2.45) is 0 Å². The van der Waals surface area contributed by atoms with E-state index in [4.69, 9.17) is 0 Å². The van der Waals surface area contributed by atoms with Crippen LogP contribution in [0.15, 0.2) is 22.7 Å². The average molecular weight is 308 g/mol. The maximum Gasteiger partial charge on any atom is 0.0187 e. The summed E-state index contributed by atoms with van der Waals surface area (Å²) in [4.78, 5) is 2.74. The third-order valence-electron chi connectivity index (χ3n) is 4.90. The number of fused-ring (bicyclic) bond motifs is 1. The minimum absolute atomic E-state index is 0.433. The van der Waals surface area contributed by atoms with Crippen molar-refractivity contribution in [3.63, 3.8) is 0 Å². The molecule has 0 spiro atoms. The third kappa shape index (κ3) is 2.37. The van der Waals surface area contributed by atoms with Crippen molar-refractivity contribution < 1.29 is 0 Å². The molecule has 0 saturated carbocycles. The van der Waals surface area contributed by atoms with Crippen LogP contribution >= 0.6 is 15.9 Å². The highest BCUT2D eigenvalue weighted by molar-refractivity contribution is 9.10. The number of hydrogen-bond donors (Lipinski definition) is 0. The smallest absolute Gasteiger partial charge is 0.0187 e. The molecule has 0 radical (unpaired) electrons. The van der Waals surface area contributed by atoms with E-state index in [1.165, 1.54) is 56.1 Å². The van der Waals surface area contributed by atoms with Crippen molar-refractivity contribution in [1.82, 2.24) is 4.90 Å². The van der Waals surface area contributed by atoms with Crippen LogP contribution in [0.2, 0.25) is 0 Å². The molecule has 1 aromatic carbocycles. The topological polar surface area (TPSA) is 3.24 Å². The molecule has 18 heavy (non-hydrogen) atoms. The van der Waals surface area contributed by atoms with E-state index >= 15 is 0 Å². The van der Waals surface area contributed by atoms with Gasteiger partial charge in [-0.2, -0.15) is 0 Å². The minimum atomic E-state index is 0.433. The molecule has 3 rings (SSSR count). The van der Waals surface area contributed by atoms with Gasteiger partial charge in [0, 0.05) is 10.0 Å². The standard InChI is InChI=1S/C16H22BrN/c1-16(18-10-2-3-11-18)8-6-13-4-5-15(17)12-14(13)7-9-16/h4-5,12H,2-3,6-11H2,1H3. The predicted molar refractivity (Wildman–Crippen MR) is 80.0 cm³/mol. The summed E-state index contributed by atoms with van der Waals surface area (Å²) in [5.74, 6) is 0. The lowest BCUT2D eigenvalue weighted by atomic mass is 9.90. The third-order valence-corrected chi connectivity index (χ3v) is 5.40. The maximum absolute atomic E-state index is 3.60. The van der Waals surface area contributed by atoms with Gasteiger partial charge >= 0.3 is 0 Å². The van der Waals surface area contributed by atoms with Gasteiger partial charge in [0.1, 0.15) is 0 Å². The van der Waals surface area contributed by atoms with Crippen LogP contribution in [-0.4, -0.2) is 23.5 Å². The Morgan fingerprint density at radius 3 is 2.44 bits per heavy atom. The molecule has 1 aliphatic heterocycles. The lowest BCUT2D eigenvalue weighted by Crippen LogP contribution is -2.44. The van der Waals surface area contributed by atoms with Crippen molar-refractivity contribution in [2.45, 2.75) is 51.0 Å². The molecule has 1 aliphatic carbocycles. The number of rotatable bonds is 1. The van der Waals surface area contributed by atoms with Crippen LogP contribution < -0.4 is 0 Å². The van der Waals surface area contributed by atoms with Crippen molar-refractivity contribution in [2.75, 3.05) is 13.1 Å². The first-order chi connectivity index (χ1) is 8.67. The van der Waals surface area contributed by atoms with Crippen LogP contribution in [0.25, 0.3) is 0 Å². The van der Waals surface area contributed by atoms with E-state index in [0.717, 1.165) is 0 Å². The van der Waals surface area contributed by atoms with E-state index in [1.807, 2.05) is 0 Å². The van der Waals surface area contributed by atoms with E-state index in [0.29, 0.717) is 5.54 Å². The predicted octanol–water partition coefficient (Wildman–Crippen LogP) is 4.18. The Morgan fingerprint density at radius 1 is 1.06 bits per heavy atom. The number of benzene rings is 1. The van der Waals surface area contributed by atoms with Gasteiger partial charge in [0.25, 0.3) is 0 Å². The van der Waals surface area contributed by atoms with Crippen LogP contribution in [0.1, 0.15) is 43.7 Å². The first-order valence-electron chi connectivity index (χ1n) is 7.20. The number of nitrogens with zero attached hydrogens (tertiary/aromatic N) is 1. The molecule has 1 unspecified atom stereocenters. The molecule has 2 heteroatoms. The summed E-state index contributed by atoms with van der Waals surface area (Å²) in [7, 11) is 0. The molecule has 1 heterocycles. The van der Waals surface area contributed by atoms with Crippen molar-refractivity contribution in [3.8, 4) is 0 Å². The fraction of sp³-hybridized carbons (Fsp3) is 0.625. The van der Waals surface area contributed by atoms with Gasteiger partial charge in [0.15, 0.2) is 0 Å². The maximum atomic E-state index is 3.60. The van der Waals surface area contributed by atoms with Gasteiger partial charge < -0.3 is 0 Å². The molecule has 0 N–H and O–H groups in total. The summed E-state index contributed by atoms with van der Waals surface area (Å²) >= 11 is 3.60. The summed E-state index contributed by atoms with van der Waals surface area (Å²) in [5.41, 5.74) is 3.57. The van der Waals surface area contributed by atoms with Crippen LogP contribution in [0.3, 0.4) is 0 Å². The fourth-order valence-electron chi connectivity index (χ4n) is 3.58. The number of likely N-dealkylation sites (tertiary alicyclic amines) is 1. The largest absolute Gasteiger partial charge is 0.298 e. The van der Waals surface area contributed by atoms with Crippen LogP contribution in [-0.2, 0) is 12.8 Å². The number of halogens is 1. The van der Waals surface area contributed by atoms with E-state index in [-0.39, 0.29) is 0 Å². The molecule has 98 valence electrons. The molecule has 0 amide bonds. The van der Waals surface area contributed by atoms with Gasteiger partial charge in [-0.05, 0) is 81.8 Å². The molecule has 1 nitrogen and oxygen atoms in total. The fourth-order valence-corrected chi connectivity index (χ4v) is 3.99. The van der Waals surface area contributed by atoms with E-state index in [2.05, 4.69) is 46.0 Å². The highest BCUT2D eigenvalue weighted by atomic mass is 79.9. The summed E-state index contributed by atoms with van der Waals surface area (Å²) in [5, 5.41) is 0. The average Bonchev–Trinajstić information content (AvgIpc) is 2.84. The Bertz CT molecular complexity index is 437. The Labute approximate surface area is 119 Å². The van der Waals surface area contributed by atoms with Gasteiger partial charge in [-0.25, -0.2) is 0 Å². The van der Waals surface area contributed by atoms with Crippen molar-refractivity contribution >= 4 is 15.9 Å². The van der Waals surface area contributed by atoms with Crippen LogP contribution in [0.4, 0.5) is 0 Å². The molecular weight excluding hydrogens is 286 g/mol. The zero-order valence-electron chi connectivity index (χ0n) is 11.2. The van der Waals surface area contributed by atoms with E-state index < -0.39 is 0 Å². The SMILES string of the molecule is CC1(N2CCCC2)CCc2ccc(Br)cc2CC1. The van der Waals surface area contributed by atoms with Crippen LogP contribution in [0.5, 0.6) is 0 Å². The number of aryl methyl sites for hydroxylation is 2. The molecule has 2 aliphatic rings. The number of hydrogen-bond acceptors (Lipinski definition) is 1. The molecule has 0 aromatic heterocycles. The molecule has 1 aromatic rings. The lowest BCUT2D eigenvalue weighted by Gasteiger charge is -2.38. The van der Waals surface area contributed by atoms with Gasteiger partial charge in [0.2, 0.25) is 0 Å².